The minimum absolute atomic E-state index is 0.328. The van der Waals surface area contributed by atoms with Crippen molar-refractivity contribution in [3.8, 4) is 0 Å². The van der Waals surface area contributed by atoms with Gasteiger partial charge in [0, 0.05) is 18.6 Å². The maximum Gasteiger partial charge on any atom is 0.0676 e. The fourth-order valence-corrected chi connectivity index (χ4v) is 2.75. The lowest BCUT2D eigenvalue weighted by atomic mass is 9.87. The third-order valence-corrected chi connectivity index (χ3v) is 3.67. The van der Waals surface area contributed by atoms with E-state index in [0.717, 1.165) is 37.4 Å². The van der Waals surface area contributed by atoms with Crippen molar-refractivity contribution in [2.75, 3.05) is 20.3 Å². The van der Waals surface area contributed by atoms with Gasteiger partial charge in [-0.25, -0.2) is 0 Å². The van der Waals surface area contributed by atoms with Gasteiger partial charge in [-0.15, -0.1) is 0 Å². The van der Waals surface area contributed by atoms with Crippen LogP contribution in [0.5, 0.6) is 0 Å². The van der Waals surface area contributed by atoms with Crippen LogP contribution in [-0.4, -0.2) is 30.5 Å². The topological polar surface area (TPSA) is 47.0 Å². The number of ether oxygens (including phenoxy) is 1. The Morgan fingerprint density at radius 2 is 2.33 bits per heavy atom. The molecular weight excluding hydrogens is 226 g/mol. The number of hydrogen-bond acceptors (Lipinski definition) is 4. The van der Waals surface area contributed by atoms with Gasteiger partial charge in [-0.1, -0.05) is 6.92 Å². The van der Waals surface area contributed by atoms with Gasteiger partial charge in [-0.3, -0.25) is 0 Å². The molecule has 0 bridgehead atoms. The van der Waals surface area contributed by atoms with E-state index in [4.69, 9.17) is 4.74 Å². The predicted molar refractivity (Wildman–Crippen MR) is 71.5 cm³/mol. The van der Waals surface area contributed by atoms with Crippen molar-refractivity contribution in [2.24, 2.45) is 5.92 Å². The highest BCUT2D eigenvalue weighted by Gasteiger charge is 2.26. The average Bonchev–Trinajstić information content (AvgIpc) is 2.41. The molecule has 4 nitrogen and oxygen atoms in total. The normalized spacial score (nSPS) is 21.8. The van der Waals surface area contributed by atoms with Gasteiger partial charge in [0.15, 0.2) is 0 Å². The van der Waals surface area contributed by atoms with Crippen LogP contribution in [0.3, 0.4) is 0 Å². The first-order valence-corrected chi connectivity index (χ1v) is 6.84. The summed E-state index contributed by atoms with van der Waals surface area (Å²) < 4.78 is 5.61. The van der Waals surface area contributed by atoms with Crippen LogP contribution in [0.25, 0.3) is 0 Å². The van der Waals surface area contributed by atoms with Gasteiger partial charge in [-0.05, 0) is 44.9 Å². The van der Waals surface area contributed by atoms with Crippen molar-refractivity contribution in [3.63, 3.8) is 0 Å². The van der Waals surface area contributed by atoms with Crippen LogP contribution in [-0.2, 0) is 11.2 Å². The van der Waals surface area contributed by atoms with Gasteiger partial charge < -0.3 is 10.1 Å². The highest BCUT2D eigenvalue weighted by atomic mass is 16.5. The lowest BCUT2D eigenvalue weighted by Crippen LogP contribution is -2.32. The summed E-state index contributed by atoms with van der Waals surface area (Å²) in [4.78, 5) is 0. The zero-order valence-corrected chi connectivity index (χ0v) is 11.6. The number of aromatic nitrogens is 2. The van der Waals surface area contributed by atoms with Crippen LogP contribution in [0.2, 0.25) is 0 Å². The Morgan fingerprint density at radius 3 is 2.94 bits per heavy atom. The molecule has 1 N–H and O–H groups in total. The minimum Gasteiger partial charge on any atom is -0.381 e. The number of rotatable bonds is 4. The monoisotopic (exact) mass is 249 g/mol. The van der Waals surface area contributed by atoms with Crippen molar-refractivity contribution < 1.29 is 4.74 Å². The Balaban J connectivity index is 2.27. The number of nitrogens with zero attached hydrogens (tertiary/aromatic N) is 2. The third kappa shape index (κ3) is 2.87. The Bertz CT molecular complexity index is 389. The molecule has 1 aromatic rings. The molecule has 0 aliphatic carbocycles. The van der Waals surface area contributed by atoms with E-state index in [9.17, 15) is 0 Å². The van der Waals surface area contributed by atoms with E-state index in [2.05, 4.69) is 28.5 Å². The summed E-state index contributed by atoms with van der Waals surface area (Å²) in [6.45, 7) is 5.88. The predicted octanol–water partition coefficient (Wildman–Crippen LogP) is 2.03. The second-order valence-corrected chi connectivity index (χ2v) is 4.98. The van der Waals surface area contributed by atoms with Crippen LogP contribution in [0.15, 0.2) is 6.07 Å². The maximum atomic E-state index is 5.61. The Morgan fingerprint density at radius 1 is 1.50 bits per heavy atom. The first-order valence-electron chi connectivity index (χ1n) is 6.84. The standard InChI is InChI=1S/C14H23N3O/c1-4-13-12(8-10(2)16-17-13)14(15-3)11-6-5-7-18-9-11/h8,11,14-15H,4-7,9H2,1-3H3. The molecule has 1 aromatic heterocycles. The van der Waals surface area contributed by atoms with Crippen LogP contribution in [0.4, 0.5) is 0 Å². The molecule has 1 saturated heterocycles. The van der Waals surface area contributed by atoms with Gasteiger partial charge in [0.2, 0.25) is 0 Å². The summed E-state index contributed by atoms with van der Waals surface area (Å²) in [5.41, 5.74) is 3.38. The summed E-state index contributed by atoms with van der Waals surface area (Å²) in [6.07, 6.45) is 3.30. The van der Waals surface area contributed by atoms with E-state index >= 15 is 0 Å². The van der Waals surface area contributed by atoms with Crippen molar-refractivity contribution in [1.82, 2.24) is 15.5 Å². The second-order valence-electron chi connectivity index (χ2n) is 4.98. The zero-order valence-electron chi connectivity index (χ0n) is 11.6. The molecule has 18 heavy (non-hydrogen) atoms. The molecule has 2 unspecified atom stereocenters. The van der Waals surface area contributed by atoms with Gasteiger partial charge >= 0.3 is 0 Å². The van der Waals surface area contributed by atoms with Gasteiger partial charge in [-0.2, -0.15) is 10.2 Å². The summed E-state index contributed by atoms with van der Waals surface area (Å²) in [5.74, 6) is 0.539. The van der Waals surface area contributed by atoms with Crippen LogP contribution >= 0.6 is 0 Å². The lowest BCUT2D eigenvalue weighted by molar-refractivity contribution is 0.0400. The van der Waals surface area contributed by atoms with Crippen molar-refractivity contribution >= 4 is 0 Å². The fourth-order valence-electron chi connectivity index (χ4n) is 2.75. The van der Waals surface area contributed by atoms with Gasteiger partial charge in [0.05, 0.1) is 18.0 Å². The number of hydrogen-bond donors (Lipinski definition) is 1. The van der Waals surface area contributed by atoms with E-state index < -0.39 is 0 Å². The largest absolute Gasteiger partial charge is 0.381 e. The molecule has 2 atom stereocenters. The summed E-state index contributed by atoms with van der Waals surface area (Å²) in [5, 5.41) is 11.9. The summed E-state index contributed by atoms with van der Waals surface area (Å²) in [7, 11) is 2.02. The van der Waals surface area contributed by atoms with Crippen LogP contribution < -0.4 is 5.32 Å². The summed E-state index contributed by atoms with van der Waals surface area (Å²) >= 11 is 0. The molecule has 1 aliphatic rings. The van der Waals surface area contributed by atoms with Crippen molar-refractivity contribution in [3.05, 3.63) is 23.0 Å². The third-order valence-electron chi connectivity index (χ3n) is 3.67. The smallest absolute Gasteiger partial charge is 0.0676 e. The maximum absolute atomic E-state index is 5.61. The SMILES string of the molecule is CCc1nnc(C)cc1C(NC)C1CCCOC1. The molecule has 100 valence electrons. The quantitative estimate of drug-likeness (QED) is 0.887. The molecule has 0 aromatic carbocycles. The molecule has 0 radical (unpaired) electrons. The lowest BCUT2D eigenvalue weighted by Gasteiger charge is -2.31. The molecule has 2 rings (SSSR count). The minimum atomic E-state index is 0.328. The molecular formula is C14H23N3O. The average molecular weight is 249 g/mol. The van der Waals surface area contributed by atoms with E-state index in [0.29, 0.717) is 12.0 Å². The van der Waals surface area contributed by atoms with Crippen LogP contribution in [0.1, 0.15) is 42.8 Å². The van der Waals surface area contributed by atoms with E-state index in [1.165, 1.54) is 12.0 Å². The van der Waals surface area contributed by atoms with Crippen molar-refractivity contribution in [2.45, 2.75) is 39.2 Å². The van der Waals surface area contributed by atoms with Crippen LogP contribution in [0, 0.1) is 12.8 Å². The Kier molecular flexibility index (Phi) is 4.66. The molecule has 1 fully saturated rings. The van der Waals surface area contributed by atoms with Crippen molar-refractivity contribution in [1.29, 1.82) is 0 Å². The zero-order chi connectivity index (χ0) is 13.0. The fraction of sp³-hybridized carbons (Fsp3) is 0.714. The second kappa shape index (κ2) is 6.25. The molecule has 0 spiro atoms. The number of nitrogens with one attached hydrogen (secondary N) is 1. The van der Waals surface area contributed by atoms with Gasteiger partial charge in [0.25, 0.3) is 0 Å². The van der Waals surface area contributed by atoms with E-state index in [1.807, 2.05) is 14.0 Å². The summed E-state index contributed by atoms with van der Waals surface area (Å²) in [6, 6.07) is 2.50. The first-order chi connectivity index (χ1) is 8.76. The molecule has 0 amide bonds. The highest BCUT2D eigenvalue weighted by Crippen LogP contribution is 2.30. The highest BCUT2D eigenvalue weighted by molar-refractivity contribution is 5.25. The molecule has 2 heterocycles. The Hall–Kier alpha value is -1.00. The van der Waals surface area contributed by atoms with E-state index in [1.54, 1.807) is 0 Å². The number of aryl methyl sites for hydroxylation is 2. The molecule has 0 saturated carbocycles. The first kappa shape index (κ1) is 13.4. The Labute approximate surface area is 109 Å². The van der Waals surface area contributed by atoms with E-state index in [-0.39, 0.29) is 0 Å². The molecule has 4 heteroatoms. The van der Waals surface area contributed by atoms with Gasteiger partial charge in [0.1, 0.15) is 0 Å². The molecule has 1 aliphatic heterocycles.